The summed E-state index contributed by atoms with van der Waals surface area (Å²) >= 11 is 12.4. The van der Waals surface area contributed by atoms with Gasteiger partial charge >= 0.3 is 5.97 Å². The summed E-state index contributed by atoms with van der Waals surface area (Å²) < 4.78 is 4.70. The molecule has 0 unspecified atom stereocenters. The second-order valence-corrected chi connectivity index (χ2v) is 5.36. The molecule has 2 aromatic rings. The quantitative estimate of drug-likeness (QED) is 0.659. The maximum absolute atomic E-state index is 11.5. The highest BCUT2D eigenvalue weighted by Gasteiger charge is 2.13. The van der Waals surface area contributed by atoms with Crippen LogP contribution in [0.1, 0.15) is 10.4 Å². The van der Waals surface area contributed by atoms with Crippen LogP contribution >= 0.6 is 35.2 Å². The van der Waals surface area contributed by atoms with Crippen molar-refractivity contribution in [3.8, 4) is 0 Å². The van der Waals surface area contributed by atoms with Crippen molar-refractivity contribution >= 4 is 57.6 Å². The number of thiophene rings is 1. The molecule has 0 aliphatic carbocycles. The lowest BCUT2D eigenvalue weighted by Crippen LogP contribution is -2.20. The van der Waals surface area contributed by atoms with E-state index in [0.717, 1.165) is 5.69 Å². The third-order valence-corrected chi connectivity index (χ3v) is 3.62. The van der Waals surface area contributed by atoms with Crippen LogP contribution in [0.4, 0.5) is 11.4 Å². The highest BCUT2D eigenvalue weighted by atomic mass is 35.5. The second-order valence-electron chi connectivity index (χ2n) is 3.78. The zero-order valence-electron chi connectivity index (χ0n) is 10.5. The van der Waals surface area contributed by atoms with Gasteiger partial charge in [0.15, 0.2) is 5.11 Å². The fraction of sp³-hybridized carbons (Fsp3) is 0.0769. The van der Waals surface area contributed by atoms with Crippen LogP contribution in [0.3, 0.4) is 0 Å². The summed E-state index contributed by atoms with van der Waals surface area (Å²) in [7, 11) is 1.34. The first-order chi connectivity index (χ1) is 9.60. The first-order valence-corrected chi connectivity index (χ1v) is 7.31. The number of anilines is 2. The third-order valence-electron chi connectivity index (χ3n) is 2.42. The Morgan fingerprint density at radius 2 is 1.95 bits per heavy atom. The molecule has 20 heavy (non-hydrogen) atoms. The van der Waals surface area contributed by atoms with Crippen LogP contribution in [-0.4, -0.2) is 18.2 Å². The molecule has 0 amide bonds. The Kier molecular flexibility index (Phi) is 4.94. The van der Waals surface area contributed by atoms with Gasteiger partial charge in [-0.1, -0.05) is 11.6 Å². The lowest BCUT2D eigenvalue weighted by molar-refractivity contribution is 0.0602. The predicted octanol–water partition coefficient (Wildman–Crippen LogP) is 4.00. The van der Waals surface area contributed by atoms with Gasteiger partial charge in [0.2, 0.25) is 0 Å². The largest absolute Gasteiger partial charge is 0.465 e. The zero-order valence-corrected chi connectivity index (χ0v) is 12.9. The number of rotatable bonds is 3. The molecule has 0 saturated carbocycles. The number of ether oxygens (including phenoxy) is 1. The Morgan fingerprint density at radius 1 is 1.25 bits per heavy atom. The lowest BCUT2D eigenvalue weighted by Gasteiger charge is -2.10. The molecule has 1 heterocycles. The van der Waals surface area contributed by atoms with Crippen molar-refractivity contribution in [3.05, 3.63) is 45.6 Å². The van der Waals surface area contributed by atoms with E-state index in [-0.39, 0.29) is 0 Å². The van der Waals surface area contributed by atoms with Crippen LogP contribution in [0.2, 0.25) is 5.02 Å². The van der Waals surface area contributed by atoms with Gasteiger partial charge in [0.05, 0.1) is 18.4 Å². The van der Waals surface area contributed by atoms with Gasteiger partial charge in [0.1, 0.15) is 0 Å². The molecule has 2 rings (SSSR count). The van der Waals surface area contributed by atoms with Gasteiger partial charge in [-0.2, -0.15) is 0 Å². The number of methoxy groups -OCH3 is 1. The van der Waals surface area contributed by atoms with E-state index in [2.05, 4.69) is 10.6 Å². The van der Waals surface area contributed by atoms with E-state index in [0.29, 0.717) is 21.4 Å². The number of hydrogen-bond acceptors (Lipinski definition) is 4. The number of hydrogen-bond donors (Lipinski definition) is 2. The summed E-state index contributed by atoms with van der Waals surface area (Å²) in [4.78, 5) is 11.5. The minimum absolute atomic E-state index is 0.385. The topological polar surface area (TPSA) is 50.4 Å². The number of benzene rings is 1. The average Bonchev–Trinajstić information content (AvgIpc) is 2.88. The number of carbonyl (C=O) groups excluding carboxylic acids is 1. The summed E-state index contributed by atoms with van der Waals surface area (Å²) in [5.41, 5.74) is 1.88. The van der Waals surface area contributed by atoms with Crippen molar-refractivity contribution in [1.29, 1.82) is 0 Å². The number of nitrogens with one attached hydrogen (secondary N) is 2. The maximum Gasteiger partial charge on any atom is 0.340 e. The van der Waals surface area contributed by atoms with E-state index in [1.54, 1.807) is 22.9 Å². The van der Waals surface area contributed by atoms with Crippen molar-refractivity contribution in [3.63, 3.8) is 0 Å². The predicted molar refractivity (Wildman–Crippen MR) is 87.0 cm³/mol. The Hall–Kier alpha value is -1.63. The minimum Gasteiger partial charge on any atom is -0.465 e. The van der Waals surface area contributed by atoms with Crippen LogP contribution < -0.4 is 10.6 Å². The number of thiocarbonyl (C=S) groups is 1. The molecule has 2 N–H and O–H groups in total. The van der Waals surface area contributed by atoms with E-state index in [1.807, 2.05) is 12.1 Å². The molecule has 0 aliphatic rings. The van der Waals surface area contributed by atoms with Crippen LogP contribution in [0, 0.1) is 0 Å². The maximum atomic E-state index is 11.5. The fourth-order valence-electron chi connectivity index (χ4n) is 1.48. The molecule has 0 aliphatic heterocycles. The van der Waals surface area contributed by atoms with Crippen molar-refractivity contribution in [2.75, 3.05) is 17.7 Å². The summed E-state index contributed by atoms with van der Waals surface area (Å²) in [6, 6.07) is 7.14. The summed E-state index contributed by atoms with van der Waals surface area (Å²) in [6.45, 7) is 0. The van der Waals surface area contributed by atoms with Gasteiger partial charge in [-0.05, 0) is 36.5 Å². The SMILES string of the molecule is COC(=O)c1cscc1NC(=S)Nc1ccc(Cl)cc1. The van der Waals surface area contributed by atoms with Gasteiger partial charge in [-0.3, -0.25) is 0 Å². The van der Waals surface area contributed by atoms with Gasteiger partial charge in [0, 0.05) is 21.5 Å². The Labute approximate surface area is 130 Å². The van der Waals surface area contributed by atoms with E-state index < -0.39 is 5.97 Å². The van der Waals surface area contributed by atoms with Crippen molar-refractivity contribution in [2.45, 2.75) is 0 Å². The van der Waals surface area contributed by atoms with Crippen LogP contribution in [0.15, 0.2) is 35.0 Å². The smallest absolute Gasteiger partial charge is 0.340 e. The van der Waals surface area contributed by atoms with E-state index in [4.69, 9.17) is 28.6 Å². The van der Waals surface area contributed by atoms with E-state index in [1.165, 1.54) is 18.4 Å². The number of halogens is 1. The van der Waals surface area contributed by atoms with Crippen LogP contribution in [0.5, 0.6) is 0 Å². The first-order valence-electron chi connectivity index (χ1n) is 5.58. The molecule has 0 radical (unpaired) electrons. The molecule has 104 valence electrons. The third kappa shape index (κ3) is 3.69. The van der Waals surface area contributed by atoms with Gasteiger partial charge in [-0.15, -0.1) is 11.3 Å². The molecule has 1 aromatic heterocycles. The molecular formula is C13H11ClN2O2S2. The zero-order chi connectivity index (χ0) is 14.5. The van der Waals surface area contributed by atoms with Crippen molar-refractivity contribution < 1.29 is 9.53 Å². The Balaban J connectivity index is 2.03. The van der Waals surface area contributed by atoms with Gasteiger partial charge < -0.3 is 15.4 Å². The fourth-order valence-corrected chi connectivity index (χ4v) is 2.58. The van der Waals surface area contributed by atoms with E-state index >= 15 is 0 Å². The van der Waals surface area contributed by atoms with Crippen LogP contribution in [0.25, 0.3) is 0 Å². The first kappa shape index (κ1) is 14.8. The normalized spacial score (nSPS) is 9.90. The highest BCUT2D eigenvalue weighted by Crippen LogP contribution is 2.22. The molecule has 4 nitrogen and oxygen atoms in total. The molecule has 0 bridgehead atoms. The summed E-state index contributed by atoms with van der Waals surface area (Å²) in [5.74, 6) is -0.400. The number of esters is 1. The Morgan fingerprint density at radius 3 is 2.60 bits per heavy atom. The average molecular weight is 327 g/mol. The molecule has 1 aromatic carbocycles. The molecular weight excluding hydrogens is 316 g/mol. The second kappa shape index (κ2) is 6.69. The molecule has 0 spiro atoms. The summed E-state index contributed by atoms with van der Waals surface area (Å²) in [6.07, 6.45) is 0. The molecule has 7 heteroatoms. The monoisotopic (exact) mass is 326 g/mol. The molecule has 0 fully saturated rings. The summed E-state index contributed by atoms with van der Waals surface area (Å²) in [5, 5.41) is 10.5. The Bertz CT molecular complexity index is 626. The minimum atomic E-state index is -0.400. The van der Waals surface area contributed by atoms with Gasteiger partial charge in [0.25, 0.3) is 0 Å². The molecule has 0 saturated heterocycles. The number of carbonyl (C=O) groups is 1. The lowest BCUT2D eigenvalue weighted by atomic mass is 10.3. The molecule has 0 atom stereocenters. The van der Waals surface area contributed by atoms with Crippen molar-refractivity contribution in [2.24, 2.45) is 0 Å². The highest BCUT2D eigenvalue weighted by molar-refractivity contribution is 7.80. The van der Waals surface area contributed by atoms with Crippen LogP contribution in [-0.2, 0) is 4.74 Å². The standard InChI is InChI=1S/C13H11ClN2O2S2/c1-18-12(17)10-6-20-7-11(10)16-13(19)15-9-4-2-8(14)3-5-9/h2-7H,1H3,(H2,15,16,19). The van der Waals surface area contributed by atoms with Crippen molar-refractivity contribution in [1.82, 2.24) is 0 Å². The van der Waals surface area contributed by atoms with E-state index in [9.17, 15) is 4.79 Å². The van der Waals surface area contributed by atoms with Gasteiger partial charge in [-0.25, -0.2) is 4.79 Å².